The Labute approximate surface area is 176 Å². The number of hydrogen-bond donors (Lipinski definition) is 3. The van der Waals surface area contributed by atoms with Crippen molar-refractivity contribution in [3.63, 3.8) is 0 Å². The van der Waals surface area contributed by atoms with Gasteiger partial charge < -0.3 is 15.5 Å². The van der Waals surface area contributed by atoms with Gasteiger partial charge in [-0.2, -0.15) is 4.83 Å². The van der Waals surface area contributed by atoms with E-state index >= 15 is 0 Å². The summed E-state index contributed by atoms with van der Waals surface area (Å²) in [6, 6.07) is 15.6. The lowest BCUT2D eigenvalue weighted by molar-refractivity contribution is -0.139. The van der Waals surface area contributed by atoms with E-state index in [1.54, 1.807) is 6.92 Å². The molecule has 2 aromatic rings. The lowest BCUT2D eigenvalue weighted by atomic mass is 10.2. The van der Waals surface area contributed by atoms with Crippen molar-refractivity contribution < 1.29 is 9.53 Å². The maximum absolute atomic E-state index is 11.7. The summed E-state index contributed by atoms with van der Waals surface area (Å²) in [4.78, 5) is 14.5. The minimum atomic E-state index is -0.369. The van der Waals surface area contributed by atoms with E-state index in [1.165, 1.54) is 17.5 Å². The molecule has 3 N–H and O–H groups in total. The third-order valence-corrected chi connectivity index (χ3v) is 4.41. The molecule has 1 aliphatic heterocycles. The first kappa shape index (κ1) is 23.4. The van der Waals surface area contributed by atoms with E-state index in [2.05, 4.69) is 28.4 Å². The van der Waals surface area contributed by atoms with Crippen LogP contribution in [-0.4, -0.2) is 12.6 Å². The van der Waals surface area contributed by atoms with Gasteiger partial charge in [-0.05, 0) is 56.5 Å². The van der Waals surface area contributed by atoms with Crippen LogP contribution in [0.3, 0.4) is 0 Å². The number of esters is 1. The molecule has 0 aromatic heterocycles. The number of terminal acetylenes is 1. The van der Waals surface area contributed by atoms with E-state index < -0.39 is 0 Å². The molecule has 1 heterocycles. The number of halogens is 1. The number of hydrazine groups is 1. The van der Waals surface area contributed by atoms with E-state index in [0.717, 1.165) is 16.3 Å². The van der Waals surface area contributed by atoms with Crippen LogP contribution in [-0.2, 0) is 9.53 Å². The molecule has 0 fully saturated rings. The first-order chi connectivity index (χ1) is 13.5. The Hall–Kier alpha value is -2.59. The average Bonchev–Trinajstić information content (AvgIpc) is 3.17. The zero-order valence-electron chi connectivity index (χ0n) is 16.1. The Balaban J connectivity index is 0.000000327. The highest BCUT2D eigenvalue weighted by molar-refractivity contribution is 8.01. The Kier molecular flexibility index (Phi) is 10.7. The number of benzene rings is 2. The number of nitrogens with one attached hydrogen (secondary N) is 3. The van der Waals surface area contributed by atoms with Gasteiger partial charge in [0.25, 0.3) is 0 Å². The van der Waals surface area contributed by atoms with Gasteiger partial charge in [-0.25, -0.2) is 4.79 Å². The molecule has 28 heavy (non-hydrogen) atoms. The summed E-state index contributed by atoms with van der Waals surface area (Å²) < 4.78 is 4.97. The maximum Gasteiger partial charge on any atom is 0.358 e. The van der Waals surface area contributed by atoms with Gasteiger partial charge in [-0.1, -0.05) is 47.5 Å². The number of anilines is 1. The molecule has 0 bridgehead atoms. The van der Waals surface area contributed by atoms with Crippen LogP contribution in [0.15, 0.2) is 59.3 Å². The molecule has 3 rings (SSSR count). The normalized spacial score (nSPS) is 11.9. The molecule has 0 saturated carbocycles. The minimum Gasteiger partial charge on any atom is -0.461 e. The second-order valence-electron chi connectivity index (χ2n) is 5.49. The lowest BCUT2D eigenvalue weighted by Crippen LogP contribution is -2.25. The number of hydrogen-bond acceptors (Lipinski definition) is 6. The van der Waals surface area contributed by atoms with Crippen LogP contribution in [0.1, 0.15) is 18.1 Å². The third-order valence-electron chi connectivity index (χ3n) is 3.44. The predicted molar refractivity (Wildman–Crippen MR) is 118 cm³/mol. The van der Waals surface area contributed by atoms with Gasteiger partial charge in [0.15, 0.2) is 5.70 Å². The fourth-order valence-electron chi connectivity index (χ4n) is 2.04. The second-order valence-corrected chi connectivity index (χ2v) is 6.74. The van der Waals surface area contributed by atoms with E-state index in [1.807, 2.05) is 62.4 Å². The van der Waals surface area contributed by atoms with Crippen LogP contribution >= 0.6 is 23.5 Å². The fourth-order valence-corrected chi connectivity index (χ4v) is 2.82. The standard InChI is InChI=1S/C12H15N3O2S.C7H7Cl.C2H2/c1-3-17-12(16)10-11(18-15-14-10)13-9-7-5-4-6-8(9)2;1-6-2-4-7(8)5-3-6;1-2/h4-7,13-15H,3H2,1-2H3;2-5H,1H3;1-2H. The monoisotopic (exact) mass is 417 g/mol. The minimum absolute atomic E-state index is 0.353. The molecule has 0 radical (unpaired) electrons. The summed E-state index contributed by atoms with van der Waals surface area (Å²) in [5.41, 5.74) is 6.52. The number of carbonyl (C=O) groups is 1. The van der Waals surface area contributed by atoms with Crippen molar-refractivity contribution in [3.8, 4) is 12.8 Å². The molecule has 0 unspecified atom stereocenters. The highest BCUT2D eigenvalue weighted by Gasteiger charge is 2.23. The third kappa shape index (κ3) is 7.57. The zero-order valence-corrected chi connectivity index (χ0v) is 17.7. The molecule has 148 valence electrons. The Morgan fingerprint density at radius 1 is 1.14 bits per heavy atom. The van der Waals surface area contributed by atoms with Gasteiger partial charge in [0.1, 0.15) is 5.03 Å². The summed E-state index contributed by atoms with van der Waals surface area (Å²) in [6.45, 7) is 6.18. The van der Waals surface area contributed by atoms with Crippen molar-refractivity contribution in [3.05, 3.63) is 75.4 Å². The van der Waals surface area contributed by atoms with Crippen LogP contribution in [0.4, 0.5) is 5.69 Å². The first-order valence-corrected chi connectivity index (χ1v) is 9.68. The molecule has 2 aromatic carbocycles. The summed E-state index contributed by atoms with van der Waals surface area (Å²) in [6.07, 6.45) is 8.00. The van der Waals surface area contributed by atoms with Gasteiger partial charge in [-0.15, -0.1) is 12.8 Å². The van der Waals surface area contributed by atoms with E-state index in [-0.39, 0.29) is 5.97 Å². The van der Waals surface area contributed by atoms with Gasteiger partial charge >= 0.3 is 5.97 Å². The van der Waals surface area contributed by atoms with Crippen molar-refractivity contribution in [2.45, 2.75) is 20.8 Å². The maximum atomic E-state index is 11.7. The van der Waals surface area contributed by atoms with Gasteiger partial charge in [0.05, 0.1) is 6.61 Å². The molecule has 0 spiro atoms. The second kappa shape index (κ2) is 12.7. The highest BCUT2D eigenvalue weighted by Crippen LogP contribution is 2.25. The summed E-state index contributed by atoms with van der Waals surface area (Å²) in [5.74, 6) is -0.369. The number of rotatable bonds is 4. The Morgan fingerprint density at radius 3 is 2.36 bits per heavy atom. The van der Waals surface area contributed by atoms with Gasteiger partial charge in [-0.3, -0.25) is 0 Å². The number of aryl methyl sites for hydroxylation is 2. The Morgan fingerprint density at radius 2 is 1.79 bits per heavy atom. The molecular weight excluding hydrogens is 394 g/mol. The van der Waals surface area contributed by atoms with Crippen molar-refractivity contribution >= 4 is 35.2 Å². The van der Waals surface area contributed by atoms with Crippen molar-refractivity contribution in [2.24, 2.45) is 0 Å². The summed E-state index contributed by atoms with van der Waals surface area (Å²) in [7, 11) is 0. The van der Waals surface area contributed by atoms with Crippen LogP contribution in [0.2, 0.25) is 5.02 Å². The quantitative estimate of drug-likeness (QED) is 0.377. The highest BCUT2D eigenvalue weighted by atomic mass is 35.5. The summed E-state index contributed by atoms with van der Waals surface area (Å²) in [5, 5.41) is 4.73. The molecule has 0 atom stereocenters. The van der Waals surface area contributed by atoms with Gasteiger partial charge in [0.2, 0.25) is 0 Å². The van der Waals surface area contributed by atoms with E-state index in [0.29, 0.717) is 17.3 Å². The summed E-state index contributed by atoms with van der Waals surface area (Å²) >= 11 is 6.93. The van der Waals surface area contributed by atoms with Crippen LogP contribution in [0, 0.1) is 26.7 Å². The largest absolute Gasteiger partial charge is 0.461 e. The molecule has 1 aliphatic rings. The molecule has 5 nitrogen and oxygen atoms in total. The molecule has 0 aliphatic carbocycles. The van der Waals surface area contributed by atoms with Gasteiger partial charge in [0, 0.05) is 10.7 Å². The zero-order chi connectivity index (χ0) is 20.9. The van der Waals surface area contributed by atoms with Crippen molar-refractivity contribution in [2.75, 3.05) is 11.9 Å². The number of ether oxygens (including phenoxy) is 1. The van der Waals surface area contributed by atoms with Crippen molar-refractivity contribution in [1.82, 2.24) is 10.3 Å². The van der Waals surface area contributed by atoms with E-state index in [4.69, 9.17) is 16.3 Å². The smallest absolute Gasteiger partial charge is 0.358 e. The molecule has 7 heteroatoms. The average molecular weight is 418 g/mol. The topological polar surface area (TPSA) is 62.4 Å². The van der Waals surface area contributed by atoms with E-state index in [9.17, 15) is 4.79 Å². The first-order valence-electron chi connectivity index (χ1n) is 8.48. The van der Waals surface area contributed by atoms with Crippen LogP contribution in [0.5, 0.6) is 0 Å². The number of carbonyl (C=O) groups excluding carboxylic acids is 1. The molecular formula is C21H24ClN3O2S. The lowest BCUT2D eigenvalue weighted by Gasteiger charge is -2.09. The molecule has 0 saturated heterocycles. The fraction of sp³-hybridized carbons (Fsp3) is 0.190. The van der Waals surface area contributed by atoms with Crippen LogP contribution in [0.25, 0.3) is 0 Å². The predicted octanol–water partition coefficient (Wildman–Crippen LogP) is 4.79. The molecule has 0 amide bonds. The van der Waals surface area contributed by atoms with Crippen molar-refractivity contribution in [1.29, 1.82) is 0 Å². The SMILES string of the molecule is C#C.CCOC(=O)C1=C(Nc2ccccc2C)SNN1.Cc1ccc(Cl)cc1. The van der Waals surface area contributed by atoms with Crippen LogP contribution < -0.4 is 15.6 Å². The number of para-hydroxylation sites is 1. The Bertz CT molecular complexity index is 799.